The average Bonchev–Trinajstić information content (AvgIpc) is 2.93. The molecule has 0 aliphatic carbocycles. The summed E-state index contributed by atoms with van der Waals surface area (Å²) in [5, 5.41) is 7.45. The lowest BCUT2D eigenvalue weighted by Crippen LogP contribution is -2.01. The van der Waals surface area contributed by atoms with Crippen molar-refractivity contribution < 1.29 is 0 Å². The van der Waals surface area contributed by atoms with E-state index in [-0.39, 0.29) is 0 Å². The molecule has 20 heavy (non-hydrogen) atoms. The number of aromatic nitrogens is 4. The van der Waals surface area contributed by atoms with Crippen molar-refractivity contribution in [1.82, 2.24) is 19.7 Å². The van der Waals surface area contributed by atoms with E-state index in [1.807, 2.05) is 19.4 Å². The van der Waals surface area contributed by atoms with E-state index in [4.69, 9.17) is 0 Å². The SMILES string of the molecule is Cn1cc(-c2cccc(CNc3cnccn3)c2)cn1. The van der Waals surface area contributed by atoms with Gasteiger partial charge in [-0.2, -0.15) is 5.10 Å². The Morgan fingerprint density at radius 2 is 2.10 bits per heavy atom. The highest BCUT2D eigenvalue weighted by Crippen LogP contribution is 2.19. The Hall–Kier alpha value is -2.69. The van der Waals surface area contributed by atoms with Crippen LogP contribution in [0.25, 0.3) is 11.1 Å². The molecule has 0 saturated heterocycles. The molecule has 0 atom stereocenters. The number of nitrogens with one attached hydrogen (secondary N) is 1. The zero-order valence-corrected chi connectivity index (χ0v) is 11.2. The minimum Gasteiger partial charge on any atom is -0.365 e. The summed E-state index contributed by atoms with van der Waals surface area (Å²) in [5.74, 6) is 0.777. The largest absolute Gasteiger partial charge is 0.365 e. The number of hydrogen-bond acceptors (Lipinski definition) is 4. The van der Waals surface area contributed by atoms with Crippen LogP contribution in [0.2, 0.25) is 0 Å². The minimum absolute atomic E-state index is 0.715. The molecule has 3 rings (SSSR count). The molecule has 0 amide bonds. The van der Waals surface area contributed by atoms with E-state index in [1.54, 1.807) is 23.3 Å². The molecule has 0 aliphatic rings. The highest BCUT2D eigenvalue weighted by atomic mass is 15.2. The van der Waals surface area contributed by atoms with Crippen molar-refractivity contribution in [3.8, 4) is 11.1 Å². The first-order valence-electron chi connectivity index (χ1n) is 6.39. The van der Waals surface area contributed by atoms with Crippen molar-refractivity contribution in [2.24, 2.45) is 7.05 Å². The summed E-state index contributed by atoms with van der Waals surface area (Å²) in [6, 6.07) is 8.38. The summed E-state index contributed by atoms with van der Waals surface area (Å²) < 4.78 is 1.81. The predicted octanol–water partition coefficient (Wildman–Crippen LogP) is 2.49. The fourth-order valence-electron chi connectivity index (χ4n) is 2.01. The monoisotopic (exact) mass is 265 g/mol. The molecule has 0 aliphatic heterocycles. The number of rotatable bonds is 4. The van der Waals surface area contributed by atoms with Gasteiger partial charge in [-0.25, -0.2) is 4.98 Å². The molecular formula is C15H15N5. The molecule has 1 N–H and O–H groups in total. The number of hydrogen-bond donors (Lipinski definition) is 1. The van der Waals surface area contributed by atoms with Crippen LogP contribution >= 0.6 is 0 Å². The van der Waals surface area contributed by atoms with Gasteiger partial charge in [-0.05, 0) is 17.2 Å². The Balaban J connectivity index is 1.75. The van der Waals surface area contributed by atoms with Crippen LogP contribution in [0.4, 0.5) is 5.82 Å². The number of benzene rings is 1. The predicted molar refractivity (Wildman–Crippen MR) is 78.0 cm³/mol. The van der Waals surface area contributed by atoms with Crippen molar-refractivity contribution in [3.63, 3.8) is 0 Å². The van der Waals surface area contributed by atoms with Crippen molar-refractivity contribution >= 4 is 5.82 Å². The number of anilines is 1. The Morgan fingerprint density at radius 1 is 1.15 bits per heavy atom. The lowest BCUT2D eigenvalue weighted by Gasteiger charge is -2.06. The van der Waals surface area contributed by atoms with Gasteiger partial charge < -0.3 is 5.32 Å². The Bertz CT molecular complexity index is 690. The standard InChI is InChI=1S/C15H15N5/c1-20-11-14(9-19-20)13-4-2-3-12(7-13)8-18-15-10-16-5-6-17-15/h2-7,9-11H,8H2,1H3,(H,17,18). The molecule has 0 fully saturated rings. The van der Waals surface area contributed by atoms with Crippen LogP contribution in [0, 0.1) is 0 Å². The van der Waals surface area contributed by atoms with Gasteiger partial charge in [0.05, 0.1) is 12.4 Å². The van der Waals surface area contributed by atoms with Crippen LogP contribution in [0.3, 0.4) is 0 Å². The van der Waals surface area contributed by atoms with E-state index in [0.717, 1.165) is 16.9 Å². The fraction of sp³-hybridized carbons (Fsp3) is 0.133. The molecule has 0 spiro atoms. The van der Waals surface area contributed by atoms with E-state index in [0.29, 0.717) is 6.54 Å². The van der Waals surface area contributed by atoms with Gasteiger partial charge in [-0.15, -0.1) is 0 Å². The maximum absolute atomic E-state index is 4.20. The smallest absolute Gasteiger partial charge is 0.144 e. The van der Waals surface area contributed by atoms with E-state index in [1.165, 1.54) is 5.56 Å². The second-order valence-electron chi connectivity index (χ2n) is 4.55. The van der Waals surface area contributed by atoms with Gasteiger partial charge in [-0.3, -0.25) is 9.67 Å². The third-order valence-electron chi connectivity index (χ3n) is 3.00. The van der Waals surface area contributed by atoms with Gasteiger partial charge in [0.1, 0.15) is 5.82 Å². The molecule has 2 heterocycles. The zero-order valence-electron chi connectivity index (χ0n) is 11.2. The van der Waals surface area contributed by atoms with E-state index in [2.05, 4.69) is 44.6 Å². The molecule has 3 aromatic rings. The Labute approximate surface area is 117 Å². The molecule has 5 heteroatoms. The molecule has 100 valence electrons. The summed E-state index contributed by atoms with van der Waals surface area (Å²) in [6.45, 7) is 0.715. The molecule has 5 nitrogen and oxygen atoms in total. The van der Waals surface area contributed by atoms with Crippen molar-refractivity contribution in [1.29, 1.82) is 0 Å². The first-order chi connectivity index (χ1) is 9.81. The summed E-state index contributed by atoms with van der Waals surface area (Å²) >= 11 is 0. The molecule has 0 bridgehead atoms. The quantitative estimate of drug-likeness (QED) is 0.787. The topological polar surface area (TPSA) is 55.6 Å². The van der Waals surface area contributed by atoms with Crippen molar-refractivity contribution in [2.75, 3.05) is 5.32 Å². The Kier molecular flexibility index (Phi) is 3.41. The molecule has 2 aromatic heterocycles. The van der Waals surface area contributed by atoms with Crippen LogP contribution in [0.15, 0.2) is 55.2 Å². The van der Waals surface area contributed by atoms with Gasteiger partial charge in [0, 0.05) is 37.7 Å². The van der Waals surface area contributed by atoms with Crippen molar-refractivity contribution in [3.05, 3.63) is 60.8 Å². The number of nitrogens with zero attached hydrogens (tertiary/aromatic N) is 4. The Morgan fingerprint density at radius 3 is 2.85 bits per heavy atom. The maximum atomic E-state index is 4.20. The molecule has 0 saturated carbocycles. The summed E-state index contributed by atoms with van der Waals surface area (Å²) in [7, 11) is 1.92. The second kappa shape index (κ2) is 5.52. The van der Waals surface area contributed by atoms with Gasteiger partial charge in [0.2, 0.25) is 0 Å². The molecule has 0 unspecified atom stereocenters. The maximum Gasteiger partial charge on any atom is 0.144 e. The van der Waals surface area contributed by atoms with Gasteiger partial charge in [-0.1, -0.05) is 18.2 Å². The number of aryl methyl sites for hydroxylation is 1. The van der Waals surface area contributed by atoms with E-state index < -0.39 is 0 Å². The van der Waals surface area contributed by atoms with Gasteiger partial charge >= 0.3 is 0 Å². The highest BCUT2D eigenvalue weighted by molar-refractivity contribution is 5.62. The first-order valence-corrected chi connectivity index (χ1v) is 6.39. The third-order valence-corrected chi connectivity index (χ3v) is 3.00. The summed E-state index contributed by atoms with van der Waals surface area (Å²) in [5.41, 5.74) is 3.47. The molecule has 1 aromatic carbocycles. The summed E-state index contributed by atoms with van der Waals surface area (Å²) in [4.78, 5) is 8.22. The third kappa shape index (κ3) is 2.83. The van der Waals surface area contributed by atoms with Gasteiger partial charge in [0.25, 0.3) is 0 Å². The van der Waals surface area contributed by atoms with Crippen LogP contribution in [0.5, 0.6) is 0 Å². The highest BCUT2D eigenvalue weighted by Gasteiger charge is 2.02. The van der Waals surface area contributed by atoms with Crippen LogP contribution in [-0.4, -0.2) is 19.7 Å². The van der Waals surface area contributed by atoms with Crippen LogP contribution < -0.4 is 5.32 Å². The lowest BCUT2D eigenvalue weighted by atomic mass is 10.1. The van der Waals surface area contributed by atoms with Gasteiger partial charge in [0.15, 0.2) is 0 Å². The molecule has 0 radical (unpaired) electrons. The van der Waals surface area contributed by atoms with E-state index >= 15 is 0 Å². The zero-order chi connectivity index (χ0) is 13.8. The fourth-order valence-corrected chi connectivity index (χ4v) is 2.01. The van der Waals surface area contributed by atoms with Crippen LogP contribution in [0.1, 0.15) is 5.56 Å². The lowest BCUT2D eigenvalue weighted by molar-refractivity contribution is 0.768. The van der Waals surface area contributed by atoms with E-state index in [9.17, 15) is 0 Å². The van der Waals surface area contributed by atoms with Crippen molar-refractivity contribution in [2.45, 2.75) is 6.54 Å². The van der Waals surface area contributed by atoms with Crippen LogP contribution in [-0.2, 0) is 13.6 Å². The molecular weight excluding hydrogens is 250 g/mol. The average molecular weight is 265 g/mol. The minimum atomic E-state index is 0.715. The normalized spacial score (nSPS) is 10.4. The second-order valence-corrected chi connectivity index (χ2v) is 4.55. The first kappa shape index (κ1) is 12.3. The summed E-state index contributed by atoms with van der Waals surface area (Å²) in [6.07, 6.45) is 8.93.